The Morgan fingerprint density at radius 2 is 1.79 bits per heavy atom. The second-order valence-electron chi connectivity index (χ2n) is 6.60. The van der Waals surface area contributed by atoms with Crippen LogP contribution in [0.1, 0.15) is 24.1 Å². The number of benzene rings is 2. The van der Waals surface area contributed by atoms with Gasteiger partial charge in [0.05, 0.1) is 25.8 Å². The van der Waals surface area contributed by atoms with Crippen molar-refractivity contribution in [1.82, 2.24) is 10.6 Å². The number of rotatable bonds is 5. The van der Waals surface area contributed by atoms with Gasteiger partial charge in [0, 0.05) is 16.4 Å². The molecular weight excluding hydrogens is 394 g/mol. The fourth-order valence-corrected chi connectivity index (χ4v) is 3.33. The maximum absolute atomic E-state index is 13.1. The Morgan fingerprint density at radius 1 is 1.07 bits per heavy atom. The molecule has 0 fully saturated rings. The first-order valence-corrected chi connectivity index (χ1v) is 9.29. The second-order valence-corrected chi connectivity index (χ2v) is 7.01. The highest BCUT2D eigenvalue weighted by molar-refractivity contribution is 6.31. The predicted octanol–water partition coefficient (Wildman–Crippen LogP) is 3.93. The Labute approximate surface area is 174 Å². The van der Waals surface area contributed by atoms with Crippen LogP contribution in [0, 0.1) is 6.92 Å². The molecule has 7 nitrogen and oxygen atoms in total. The maximum Gasteiger partial charge on any atom is 0.319 e. The van der Waals surface area contributed by atoms with E-state index in [-0.39, 0.29) is 5.91 Å². The molecule has 0 spiro atoms. The highest BCUT2D eigenvalue weighted by Crippen LogP contribution is 2.34. The van der Waals surface area contributed by atoms with Crippen LogP contribution in [0.25, 0.3) is 0 Å². The van der Waals surface area contributed by atoms with Gasteiger partial charge in [-0.05, 0) is 49.2 Å². The third-order valence-electron chi connectivity index (χ3n) is 4.68. The van der Waals surface area contributed by atoms with Crippen LogP contribution in [0.3, 0.4) is 0 Å². The molecule has 1 atom stereocenters. The molecule has 2 aromatic rings. The summed E-state index contributed by atoms with van der Waals surface area (Å²) < 4.78 is 10.6. The first-order chi connectivity index (χ1) is 13.8. The van der Waals surface area contributed by atoms with Gasteiger partial charge >= 0.3 is 6.03 Å². The molecule has 1 aliphatic rings. The van der Waals surface area contributed by atoms with E-state index in [0.29, 0.717) is 39.0 Å². The van der Waals surface area contributed by atoms with Crippen LogP contribution in [0.2, 0.25) is 5.02 Å². The average molecular weight is 416 g/mol. The molecule has 0 saturated carbocycles. The zero-order chi connectivity index (χ0) is 21.1. The Hall–Kier alpha value is -3.19. The summed E-state index contributed by atoms with van der Waals surface area (Å²) in [5.74, 6) is 0.702. The number of aryl methyl sites for hydroxylation is 1. The van der Waals surface area contributed by atoms with Crippen LogP contribution in [-0.2, 0) is 4.79 Å². The Bertz CT molecular complexity index is 1000. The molecule has 1 heterocycles. The smallest absolute Gasteiger partial charge is 0.319 e. The summed E-state index contributed by atoms with van der Waals surface area (Å²) in [6.45, 7) is 3.57. The summed E-state index contributed by atoms with van der Waals surface area (Å²) in [5.41, 5.74) is 3.01. The molecule has 3 N–H and O–H groups in total. The number of carbonyl (C=O) groups is 2. The van der Waals surface area contributed by atoms with Crippen LogP contribution in [0.5, 0.6) is 11.5 Å². The lowest BCUT2D eigenvalue weighted by atomic mass is 9.94. The van der Waals surface area contributed by atoms with Gasteiger partial charge < -0.3 is 25.4 Å². The number of urea groups is 1. The predicted molar refractivity (Wildman–Crippen MR) is 111 cm³/mol. The van der Waals surface area contributed by atoms with Crippen molar-refractivity contribution >= 4 is 29.2 Å². The van der Waals surface area contributed by atoms with E-state index in [1.54, 1.807) is 44.4 Å². The van der Waals surface area contributed by atoms with Gasteiger partial charge in [0.25, 0.3) is 5.91 Å². The molecule has 8 heteroatoms. The fourth-order valence-electron chi connectivity index (χ4n) is 3.15. The summed E-state index contributed by atoms with van der Waals surface area (Å²) in [6.07, 6.45) is 0. The summed E-state index contributed by atoms with van der Waals surface area (Å²) in [4.78, 5) is 25.2. The van der Waals surface area contributed by atoms with Gasteiger partial charge in [0.15, 0.2) is 11.5 Å². The van der Waals surface area contributed by atoms with Crippen molar-refractivity contribution in [2.24, 2.45) is 0 Å². The van der Waals surface area contributed by atoms with Gasteiger partial charge in [-0.2, -0.15) is 0 Å². The molecule has 0 unspecified atom stereocenters. The molecule has 1 aliphatic heterocycles. The van der Waals surface area contributed by atoms with E-state index in [0.717, 1.165) is 5.56 Å². The molecule has 0 aromatic heterocycles. The van der Waals surface area contributed by atoms with Gasteiger partial charge in [-0.3, -0.25) is 4.79 Å². The zero-order valence-electron chi connectivity index (χ0n) is 16.6. The molecule has 0 aliphatic carbocycles. The second kappa shape index (κ2) is 8.45. The van der Waals surface area contributed by atoms with E-state index in [4.69, 9.17) is 21.1 Å². The van der Waals surface area contributed by atoms with E-state index >= 15 is 0 Å². The van der Waals surface area contributed by atoms with Crippen LogP contribution in [-0.4, -0.2) is 26.2 Å². The molecule has 2 aromatic carbocycles. The first-order valence-electron chi connectivity index (χ1n) is 8.91. The first kappa shape index (κ1) is 20.5. The number of hydrogen-bond donors (Lipinski definition) is 3. The minimum atomic E-state index is -0.663. The highest BCUT2D eigenvalue weighted by Gasteiger charge is 2.31. The number of ether oxygens (including phenoxy) is 2. The molecule has 0 radical (unpaired) electrons. The van der Waals surface area contributed by atoms with Crippen LogP contribution in [0.4, 0.5) is 10.5 Å². The number of amides is 3. The van der Waals surface area contributed by atoms with Gasteiger partial charge in [-0.15, -0.1) is 0 Å². The minimum Gasteiger partial charge on any atom is -0.493 e. The number of halogens is 1. The Morgan fingerprint density at radius 3 is 2.45 bits per heavy atom. The topological polar surface area (TPSA) is 88.7 Å². The molecule has 0 bridgehead atoms. The lowest BCUT2D eigenvalue weighted by Crippen LogP contribution is -2.46. The molecule has 3 rings (SSSR count). The van der Waals surface area contributed by atoms with Crippen molar-refractivity contribution in [3.8, 4) is 11.5 Å². The molecule has 0 saturated heterocycles. The van der Waals surface area contributed by atoms with E-state index in [1.807, 2.05) is 13.0 Å². The highest BCUT2D eigenvalue weighted by atomic mass is 35.5. The van der Waals surface area contributed by atoms with Gasteiger partial charge in [0.2, 0.25) is 0 Å². The summed E-state index contributed by atoms with van der Waals surface area (Å²) in [7, 11) is 3.07. The Kier molecular flexibility index (Phi) is 5.98. The standard InChI is InChI=1S/C21H22ClN3O4/c1-11-5-7-14(10-15(11)22)24-20(26)18-12(2)23-21(27)25-19(18)13-6-8-16(28-3)17(9-13)29-4/h5-10,19H,1-4H3,(H,24,26)(H2,23,25,27)/t19-/m1/s1. The third kappa shape index (κ3) is 4.30. The van der Waals surface area contributed by atoms with Crippen molar-refractivity contribution < 1.29 is 19.1 Å². The van der Waals surface area contributed by atoms with E-state index in [2.05, 4.69) is 16.0 Å². The lowest BCUT2D eigenvalue weighted by molar-refractivity contribution is -0.113. The lowest BCUT2D eigenvalue weighted by Gasteiger charge is -2.29. The number of anilines is 1. The van der Waals surface area contributed by atoms with Crippen molar-refractivity contribution in [3.05, 3.63) is 63.8 Å². The number of carbonyl (C=O) groups excluding carboxylic acids is 2. The van der Waals surface area contributed by atoms with Crippen molar-refractivity contribution in [2.45, 2.75) is 19.9 Å². The van der Waals surface area contributed by atoms with Crippen molar-refractivity contribution in [3.63, 3.8) is 0 Å². The number of allylic oxidation sites excluding steroid dienone is 1. The van der Waals surface area contributed by atoms with Crippen molar-refractivity contribution in [1.29, 1.82) is 0 Å². The third-order valence-corrected chi connectivity index (χ3v) is 5.09. The SMILES string of the molecule is COc1ccc([C@H]2NC(=O)NC(C)=C2C(=O)Nc2ccc(C)c(Cl)c2)cc1OC. The normalized spacial score (nSPS) is 16.0. The van der Waals surface area contributed by atoms with Crippen molar-refractivity contribution in [2.75, 3.05) is 19.5 Å². The summed E-state index contributed by atoms with van der Waals surface area (Å²) in [5, 5.41) is 8.86. The largest absolute Gasteiger partial charge is 0.493 e. The average Bonchev–Trinajstić information content (AvgIpc) is 2.69. The number of methoxy groups -OCH3 is 2. The van der Waals surface area contributed by atoms with Crippen LogP contribution < -0.4 is 25.4 Å². The van der Waals surface area contributed by atoms with Gasteiger partial charge in [0.1, 0.15) is 0 Å². The molecule has 3 amide bonds. The number of nitrogens with one attached hydrogen (secondary N) is 3. The van der Waals surface area contributed by atoms with Gasteiger partial charge in [-0.1, -0.05) is 23.7 Å². The quantitative estimate of drug-likeness (QED) is 0.690. The zero-order valence-corrected chi connectivity index (χ0v) is 17.3. The Balaban J connectivity index is 1.97. The molecular formula is C21H22ClN3O4. The molecule has 152 valence electrons. The summed E-state index contributed by atoms with van der Waals surface area (Å²) in [6, 6.07) is 9.47. The van der Waals surface area contributed by atoms with Crippen LogP contribution >= 0.6 is 11.6 Å². The van der Waals surface area contributed by atoms with E-state index in [1.165, 1.54) is 7.11 Å². The summed E-state index contributed by atoms with van der Waals surface area (Å²) >= 11 is 6.16. The maximum atomic E-state index is 13.1. The van der Waals surface area contributed by atoms with E-state index in [9.17, 15) is 9.59 Å². The monoisotopic (exact) mass is 415 g/mol. The van der Waals surface area contributed by atoms with Gasteiger partial charge in [-0.25, -0.2) is 4.79 Å². The number of hydrogen-bond acceptors (Lipinski definition) is 4. The fraction of sp³-hybridized carbons (Fsp3) is 0.238. The van der Waals surface area contributed by atoms with Crippen LogP contribution in [0.15, 0.2) is 47.7 Å². The minimum absolute atomic E-state index is 0.352. The van der Waals surface area contributed by atoms with E-state index < -0.39 is 12.1 Å². The molecule has 29 heavy (non-hydrogen) atoms.